The first-order valence-electron chi connectivity index (χ1n) is 7.53. The molecular formula is C18H17BrClN3. The molecule has 3 rings (SSSR count). The van der Waals surface area contributed by atoms with Gasteiger partial charge in [-0.1, -0.05) is 51.8 Å². The van der Waals surface area contributed by atoms with E-state index in [0.29, 0.717) is 5.92 Å². The second-order valence-electron chi connectivity index (χ2n) is 5.53. The number of rotatable bonds is 6. The van der Waals surface area contributed by atoms with Crippen LogP contribution >= 0.6 is 27.5 Å². The summed E-state index contributed by atoms with van der Waals surface area (Å²) in [5.41, 5.74) is 2.62. The first kappa shape index (κ1) is 16.2. The van der Waals surface area contributed by atoms with Crippen LogP contribution in [-0.4, -0.2) is 14.8 Å². The number of aryl methyl sites for hydroxylation is 1. The van der Waals surface area contributed by atoms with Crippen molar-refractivity contribution in [1.82, 2.24) is 14.8 Å². The molecule has 3 nitrogen and oxygen atoms in total. The molecule has 0 saturated carbocycles. The molecule has 1 unspecified atom stereocenters. The Balaban J connectivity index is 1.74. The maximum atomic E-state index is 5.96. The molecule has 118 valence electrons. The van der Waals surface area contributed by atoms with Crippen molar-refractivity contribution < 1.29 is 0 Å². The molecule has 0 amide bonds. The summed E-state index contributed by atoms with van der Waals surface area (Å²) in [6.07, 6.45) is 5.40. The van der Waals surface area contributed by atoms with Crippen LogP contribution in [-0.2, 0) is 13.0 Å². The van der Waals surface area contributed by atoms with E-state index in [2.05, 4.69) is 62.4 Å². The maximum absolute atomic E-state index is 5.96. The van der Waals surface area contributed by atoms with Crippen molar-refractivity contribution in [1.29, 1.82) is 0 Å². The minimum Gasteiger partial charge on any atom is -0.252 e. The highest BCUT2D eigenvalue weighted by Crippen LogP contribution is 2.25. The van der Waals surface area contributed by atoms with Crippen LogP contribution in [0.25, 0.3) is 0 Å². The lowest BCUT2D eigenvalue weighted by Gasteiger charge is -2.17. The third kappa shape index (κ3) is 4.66. The molecule has 0 fully saturated rings. The molecule has 0 bridgehead atoms. The van der Waals surface area contributed by atoms with Gasteiger partial charge in [-0.2, -0.15) is 5.10 Å². The van der Waals surface area contributed by atoms with Gasteiger partial charge in [0.1, 0.15) is 12.7 Å². The van der Waals surface area contributed by atoms with Gasteiger partial charge in [0.05, 0.1) is 0 Å². The summed E-state index contributed by atoms with van der Waals surface area (Å²) >= 11 is 9.45. The molecule has 1 aromatic heterocycles. The zero-order chi connectivity index (χ0) is 16.1. The number of nitrogens with zero attached hydrogens (tertiary/aromatic N) is 3. The minimum absolute atomic E-state index is 0.389. The number of hydrogen-bond donors (Lipinski definition) is 0. The van der Waals surface area contributed by atoms with Crippen LogP contribution in [0.1, 0.15) is 23.5 Å². The first-order valence-corrected chi connectivity index (χ1v) is 8.70. The lowest BCUT2D eigenvalue weighted by Crippen LogP contribution is -2.11. The zero-order valence-electron chi connectivity index (χ0n) is 12.6. The van der Waals surface area contributed by atoms with Gasteiger partial charge in [-0.25, -0.2) is 4.98 Å². The lowest BCUT2D eigenvalue weighted by molar-refractivity contribution is 0.488. The van der Waals surface area contributed by atoms with Crippen LogP contribution < -0.4 is 0 Å². The average Bonchev–Trinajstić information content (AvgIpc) is 3.07. The first-order chi connectivity index (χ1) is 11.2. The second kappa shape index (κ2) is 7.75. The SMILES string of the molecule is Clc1ccc(CCC(Cn2cncn2)c2ccc(Br)cc2)cc1. The van der Waals surface area contributed by atoms with E-state index in [4.69, 9.17) is 11.6 Å². The fourth-order valence-electron chi connectivity index (χ4n) is 2.64. The van der Waals surface area contributed by atoms with E-state index in [1.165, 1.54) is 11.1 Å². The molecule has 0 N–H and O–H groups in total. The van der Waals surface area contributed by atoms with E-state index in [9.17, 15) is 0 Å². The van der Waals surface area contributed by atoms with E-state index in [1.807, 2.05) is 16.8 Å². The van der Waals surface area contributed by atoms with E-state index in [-0.39, 0.29) is 0 Å². The van der Waals surface area contributed by atoms with Crippen LogP contribution in [0, 0.1) is 0 Å². The van der Waals surface area contributed by atoms with Crippen molar-refractivity contribution in [3.8, 4) is 0 Å². The predicted molar refractivity (Wildman–Crippen MR) is 96.7 cm³/mol. The summed E-state index contributed by atoms with van der Waals surface area (Å²) in [7, 11) is 0. The average molecular weight is 391 g/mol. The number of hydrogen-bond acceptors (Lipinski definition) is 2. The fourth-order valence-corrected chi connectivity index (χ4v) is 3.03. The Bertz CT molecular complexity index is 724. The summed E-state index contributed by atoms with van der Waals surface area (Å²) in [4.78, 5) is 4.04. The molecule has 5 heteroatoms. The third-order valence-corrected chi connectivity index (χ3v) is 4.69. The smallest absolute Gasteiger partial charge is 0.137 e. The highest BCUT2D eigenvalue weighted by molar-refractivity contribution is 9.10. The van der Waals surface area contributed by atoms with Crippen molar-refractivity contribution in [3.63, 3.8) is 0 Å². The second-order valence-corrected chi connectivity index (χ2v) is 6.88. The number of halogens is 2. The Hall–Kier alpha value is -1.65. The van der Waals surface area contributed by atoms with Crippen molar-refractivity contribution in [3.05, 3.63) is 81.8 Å². The molecule has 0 radical (unpaired) electrons. The molecule has 2 aromatic carbocycles. The largest absolute Gasteiger partial charge is 0.252 e. The molecule has 0 aliphatic rings. The van der Waals surface area contributed by atoms with Gasteiger partial charge in [0.25, 0.3) is 0 Å². The van der Waals surface area contributed by atoms with Gasteiger partial charge < -0.3 is 0 Å². The summed E-state index contributed by atoms with van der Waals surface area (Å²) in [6, 6.07) is 16.6. The van der Waals surface area contributed by atoms with Crippen molar-refractivity contribution >= 4 is 27.5 Å². The number of benzene rings is 2. The van der Waals surface area contributed by atoms with Gasteiger partial charge >= 0.3 is 0 Å². The molecule has 0 saturated heterocycles. The summed E-state index contributed by atoms with van der Waals surface area (Å²) in [6.45, 7) is 0.829. The fraction of sp³-hybridized carbons (Fsp3) is 0.222. The normalized spacial score (nSPS) is 12.3. The van der Waals surface area contributed by atoms with Gasteiger partial charge in [0, 0.05) is 22.0 Å². The van der Waals surface area contributed by atoms with Gasteiger partial charge in [-0.3, -0.25) is 4.68 Å². The van der Waals surface area contributed by atoms with Gasteiger partial charge in [0.2, 0.25) is 0 Å². The molecule has 0 spiro atoms. The van der Waals surface area contributed by atoms with Crippen molar-refractivity contribution in [2.75, 3.05) is 0 Å². The lowest BCUT2D eigenvalue weighted by atomic mass is 9.92. The quantitative estimate of drug-likeness (QED) is 0.585. The van der Waals surface area contributed by atoms with Gasteiger partial charge in [-0.05, 0) is 48.2 Å². The Morgan fingerprint density at radius 3 is 2.43 bits per heavy atom. The monoisotopic (exact) mass is 389 g/mol. The highest BCUT2D eigenvalue weighted by atomic mass is 79.9. The molecule has 3 aromatic rings. The van der Waals surface area contributed by atoms with Crippen LogP contribution in [0.5, 0.6) is 0 Å². The van der Waals surface area contributed by atoms with Crippen LogP contribution in [0.3, 0.4) is 0 Å². The number of aromatic nitrogens is 3. The predicted octanol–water partition coefficient (Wildman–Crippen LogP) is 5.11. The zero-order valence-corrected chi connectivity index (χ0v) is 14.9. The van der Waals surface area contributed by atoms with Crippen LogP contribution in [0.15, 0.2) is 65.7 Å². The summed E-state index contributed by atoms with van der Waals surface area (Å²) in [5.74, 6) is 0.389. The van der Waals surface area contributed by atoms with Gasteiger partial charge in [-0.15, -0.1) is 0 Å². The Labute approximate surface area is 149 Å². The topological polar surface area (TPSA) is 30.7 Å². The van der Waals surface area contributed by atoms with Crippen molar-refractivity contribution in [2.24, 2.45) is 0 Å². The minimum atomic E-state index is 0.389. The Morgan fingerprint density at radius 1 is 1.04 bits per heavy atom. The molecule has 1 atom stereocenters. The van der Waals surface area contributed by atoms with Crippen LogP contribution in [0.2, 0.25) is 5.02 Å². The summed E-state index contributed by atoms with van der Waals surface area (Å²) in [5, 5.41) is 5.02. The Kier molecular flexibility index (Phi) is 5.47. The summed E-state index contributed by atoms with van der Waals surface area (Å²) < 4.78 is 2.99. The molecule has 0 aliphatic heterocycles. The van der Waals surface area contributed by atoms with Gasteiger partial charge in [0.15, 0.2) is 0 Å². The molecule has 0 aliphatic carbocycles. The third-order valence-electron chi connectivity index (χ3n) is 3.91. The van der Waals surface area contributed by atoms with E-state index < -0.39 is 0 Å². The van der Waals surface area contributed by atoms with Crippen molar-refractivity contribution in [2.45, 2.75) is 25.3 Å². The molecular weight excluding hydrogens is 374 g/mol. The van der Waals surface area contributed by atoms with Crippen LogP contribution in [0.4, 0.5) is 0 Å². The molecule has 1 heterocycles. The maximum Gasteiger partial charge on any atom is 0.137 e. The standard InChI is InChI=1S/C18H17BrClN3/c19-17-7-5-15(6-8-17)16(11-23-13-21-12-22-23)4-1-14-2-9-18(20)10-3-14/h2-3,5-10,12-13,16H,1,4,11H2. The van der Waals surface area contributed by atoms with E-state index >= 15 is 0 Å². The highest BCUT2D eigenvalue weighted by Gasteiger charge is 2.13. The van der Waals surface area contributed by atoms with E-state index in [1.54, 1.807) is 12.7 Å². The van der Waals surface area contributed by atoms with E-state index in [0.717, 1.165) is 28.9 Å². The Morgan fingerprint density at radius 2 is 1.78 bits per heavy atom. The molecule has 23 heavy (non-hydrogen) atoms.